The van der Waals surface area contributed by atoms with Gasteiger partial charge in [-0.1, -0.05) is 65.2 Å². The van der Waals surface area contributed by atoms with Gasteiger partial charge in [-0.3, -0.25) is 0 Å². The molecule has 6 fully saturated rings. The van der Waals surface area contributed by atoms with Crippen LogP contribution in [0.5, 0.6) is 0 Å². The molecule has 1 heteroatoms. The van der Waals surface area contributed by atoms with Crippen LogP contribution in [0.1, 0.15) is 117 Å². The third kappa shape index (κ3) is 5.23. The second kappa shape index (κ2) is 13.1. The van der Waals surface area contributed by atoms with E-state index < -0.39 is 0 Å². The Hall–Kier alpha value is 0.870. The van der Waals surface area contributed by atoms with E-state index in [1.54, 1.807) is 89.9 Å². The minimum Gasteiger partial charge on any atom is -0.358 e. The fourth-order valence-electron chi connectivity index (χ4n) is 11.4. The zero-order valence-electron chi connectivity index (χ0n) is 24.1. The van der Waals surface area contributed by atoms with Crippen molar-refractivity contribution in [1.82, 2.24) is 0 Å². The van der Waals surface area contributed by atoms with Gasteiger partial charge in [-0.2, -0.15) is 0 Å². The molecular weight excluding hydrogens is 575 g/mol. The largest absolute Gasteiger partial charge is 4.00 e. The van der Waals surface area contributed by atoms with E-state index in [2.05, 4.69) is 13.8 Å². The third-order valence-corrected chi connectivity index (χ3v) is 12.3. The molecule has 0 aromatic rings. The predicted molar refractivity (Wildman–Crippen MR) is 148 cm³/mol. The Labute approximate surface area is 235 Å². The average molecular weight is 635 g/mol. The van der Waals surface area contributed by atoms with Gasteiger partial charge in [-0.15, -0.1) is 0 Å². The summed E-state index contributed by atoms with van der Waals surface area (Å²) < 4.78 is 0. The van der Waals surface area contributed by atoms with Gasteiger partial charge in [0.15, 0.2) is 0 Å². The van der Waals surface area contributed by atoms with Crippen molar-refractivity contribution < 1.29 is 25.8 Å². The maximum Gasteiger partial charge on any atom is 4.00 e. The molecule has 0 bridgehead atoms. The maximum atomic E-state index is 2.77. The Morgan fingerprint density at radius 2 is 0.824 bits per heavy atom. The van der Waals surface area contributed by atoms with Crippen molar-refractivity contribution in [3.8, 4) is 0 Å². The van der Waals surface area contributed by atoms with Crippen molar-refractivity contribution in [2.45, 2.75) is 117 Å². The molecular formula is C33H60Hf. The van der Waals surface area contributed by atoms with E-state index in [1.165, 1.54) is 12.8 Å². The van der Waals surface area contributed by atoms with Crippen molar-refractivity contribution in [3.63, 3.8) is 0 Å². The van der Waals surface area contributed by atoms with Crippen LogP contribution in [0.2, 0.25) is 0 Å². The molecule has 0 nitrogen and oxygen atoms in total. The molecule has 8 unspecified atom stereocenters. The quantitative estimate of drug-likeness (QED) is 0.209. The van der Waals surface area contributed by atoms with Crippen molar-refractivity contribution in [2.24, 2.45) is 64.6 Å². The Morgan fingerprint density at radius 3 is 1.26 bits per heavy atom. The molecule has 6 saturated carbocycles. The Balaban J connectivity index is 0.00000116. The summed E-state index contributed by atoms with van der Waals surface area (Å²) in [5, 5.41) is 0. The standard InChI is InChI=1S/C29H48.4CH3.Hf/c1-29(2,21-11-5-6-12-21)28-24-17-15-19-9-3-7-13-22(19)26(24)27-23-14-8-4-10-20(23)16-18-25(27)28;;;;;/h19-28H,3-18H2,1-2H3;4*1H3;/q;4*-1;+4. The van der Waals surface area contributed by atoms with Crippen LogP contribution in [0.15, 0.2) is 0 Å². The normalized spacial score (nSPS) is 43.1. The molecule has 8 atom stereocenters. The van der Waals surface area contributed by atoms with Crippen LogP contribution in [-0.4, -0.2) is 0 Å². The first kappa shape index (κ1) is 32.9. The summed E-state index contributed by atoms with van der Waals surface area (Å²) in [5.74, 6) is 11.2. The number of rotatable bonds is 2. The van der Waals surface area contributed by atoms with Crippen molar-refractivity contribution in [3.05, 3.63) is 29.7 Å². The summed E-state index contributed by atoms with van der Waals surface area (Å²) in [7, 11) is 0. The van der Waals surface area contributed by atoms with E-state index in [9.17, 15) is 0 Å². The molecule has 6 aliphatic rings. The van der Waals surface area contributed by atoms with Gasteiger partial charge in [0.1, 0.15) is 0 Å². The van der Waals surface area contributed by atoms with Gasteiger partial charge in [0.2, 0.25) is 0 Å². The van der Waals surface area contributed by atoms with E-state index in [4.69, 9.17) is 0 Å². The minimum absolute atomic E-state index is 0. The molecule has 0 aromatic carbocycles. The van der Waals surface area contributed by atoms with E-state index in [0.29, 0.717) is 5.41 Å². The summed E-state index contributed by atoms with van der Waals surface area (Å²) in [6.07, 6.45) is 25.3. The third-order valence-electron chi connectivity index (χ3n) is 12.3. The van der Waals surface area contributed by atoms with Crippen LogP contribution in [0.4, 0.5) is 0 Å². The second-order valence-corrected chi connectivity index (χ2v) is 13.4. The zero-order chi connectivity index (χ0) is 19.6. The first-order valence-electron chi connectivity index (χ1n) is 14.2. The molecule has 0 aliphatic heterocycles. The van der Waals surface area contributed by atoms with Crippen molar-refractivity contribution in [1.29, 1.82) is 0 Å². The van der Waals surface area contributed by atoms with Crippen LogP contribution in [0, 0.1) is 94.3 Å². The van der Waals surface area contributed by atoms with Gasteiger partial charge in [0.05, 0.1) is 0 Å². The molecule has 196 valence electrons. The van der Waals surface area contributed by atoms with E-state index in [-0.39, 0.29) is 55.5 Å². The molecule has 6 aliphatic carbocycles. The van der Waals surface area contributed by atoms with Crippen molar-refractivity contribution >= 4 is 0 Å². The minimum atomic E-state index is 0. The van der Waals surface area contributed by atoms with Crippen molar-refractivity contribution in [2.75, 3.05) is 0 Å². The smallest absolute Gasteiger partial charge is 0.358 e. The first-order valence-corrected chi connectivity index (χ1v) is 14.2. The van der Waals surface area contributed by atoms with Gasteiger partial charge in [-0.05, 0) is 116 Å². The summed E-state index contributed by atoms with van der Waals surface area (Å²) >= 11 is 0. The monoisotopic (exact) mass is 636 g/mol. The molecule has 0 amide bonds. The van der Waals surface area contributed by atoms with Crippen LogP contribution in [-0.2, 0) is 25.8 Å². The second-order valence-electron chi connectivity index (χ2n) is 13.4. The van der Waals surface area contributed by atoms with Crippen LogP contribution in [0.25, 0.3) is 0 Å². The molecule has 0 spiro atoms. The fourth-order valence-corrected chi connectivity index (χ4v) is 11.4. The fraction of sp³-hybridized carbons (Fsp3) is 0.879. The van der Waals surface area contributed by atoms with E-state index in [0.717, 1.165) is 59.2 Å². The van der Waals surface area contributed by atoms with Gasteiger partial charge >= 0.3 is 25.8 Å². The maximum absolute atomic E-state index is 2.77. The predicted octanol–water partition coefficient (Wildman–Crippen LogP) is 10.3. The van der Waals surface area contributed by atoms with E-state index in [1.807, 2.05) is 0 Å². The summed E-state index contributed by atoms with van der Waals surface area (Å²) in [4.78, 5) is 0. The van der Waals surface area contributed by atoms with Gasteiger partial charge < -0.3 is 29.7 Å². The Bertz CT molecular complexity index is 551. The number of hydrogen-bond donors (Lipinski definition) is 0. The molecule has 0 radical (unpaired) electrons. The zero-order valence-corrected chi connectivity index (χ0v) is 27.7. The van der Waals surface area contributed by atoms with Gasteiger partial charge in [0.25, 0.3) is 0 Å². The summed E-state index contributed by atoms with van der Waals surface area (Å²) in [6.45, 7) is 5.54. The van der Waals surface area contributed by atoms with Crippen LogP contribution < -0.4 is 0 Å². The van der Waals surface area contributed by atoms with Crippen LogP contribution >= 0.6 is 0 Å². The van der Waals surface area contributed by atoms with Crippen LogP contribution in [0.3, 0.4) is 0 Å². The van der Waals surface area contributed by atoms with E-state index >= 15 is 0 Å². The molecule has 0 aromatic heterocycles. The molecule has 34 heavy (non-hydrogen) atoms. The van der Waals surface area contributed by atoms with Gasteiger partial charge in [-0.25, -0.2) is 0 Å². The molecule has 0 N–H and O–H groups in total. The molecule has 6 rings (SSSR count). The average Bonchev–Trinajstić information content (AvgIpc) is 3.40. The Kier molecular flexibility index (Phi) is 12.7. The molecule has 0 saturated heterocycles. The van der Waals surface area contributed by atoms with Gasteiger partial charge in [0, 0.05) is 0 Å². The number of hydrogen-bond acceptors (Lipinski definition) is 0. The topological polar surface area (TPSA) is 0 Å². The number of fused-ring (bicyclic) bond motifs is 7. The Morgan fingerprint density at radius 1 is 0.441 bits per heavy atom. The first-order chi connectivity index (χ1) is 14.2. The summed E-state index contributed by atoms with van der Waals surface area (Å²) in [5.41, 5.74) is 0.613. The molecule has 0 heterocycles. The summed E-state index contributed by atoms with van der Waals surface area (Å²) in [6, 6.07) is 0. The SMILES string of the molecule is CC(C)(C1CCCC1)C1C2CCC3CCCCC3C2C2C3CCCCC3CCC21.[CH3-].[CH3-].[CH3-].[CH3-].[Hf+4].